The third-order valence-corrected chi connectivity index (χ3v) is 5.85. The largest absolute Gasteiger partial charge is 0.326 e. The van der Waals surface area contributed by atoms with Gasteiger partial charge in [0.15, 0.2) is 0 Å². The van der Waals surface area contributed by atoms with Crippen molar-refractivity contribution in [2.45, 2.75) is 24.7 Å². The Morgan fingerprint density at radius 2 is 1.92 bits per heavy atom. The number of anilines is 2. The molecule has 1 saturated heterocycles. The van der Waals surface area contributed by atoms with Crippen LogP contribution < -0.4 is 15.4 Å². The molecule has 0 radical (unpaired) electrons. The maximum absolute atomic E-state index is 12.5. The number of hydrogen-bond acceptors (Lipinski definition) is 4. The van der Waals surface area contributed by atoms with Gasteiger partial charge in [-0.3, -0.25) is 9.52 Å². The zero-order valence-corrected chi connectivity index (χ0v) is 15.5. The van der Waals surface area contributed by atoms with E-state index >= 15 is 0 Å². The molecule has 1 aliphatic rings. The van der Waals surface area contributed by atoms with Crippen molar-refractivity contribution in [3.05, 3.63) is 54.1 Å². The first-order valence-electron chi connectivity index (χ1n) is 8.66. The quantitative estimate of drug-likeness (QED) is 0.752. The van der Waals surface area contributed by atoms with E-state index in [-0.39, 0.29) is 16.7 Å². The number of carbonyl (C=O) groups excluding carboxylic acids is 1. The molecule has 1 atom stereocenters. The van der Waals surface area contributed by atoms with E-state index in [1.807, 2.05) is 6.92 Å². The molecular formula is C19H23N3O3S. The highest BCUT2D eigenvalue weighted by Crippen LogP contribution is 2.24. The van der Waals surface area contributed by atoms with Crippen LogP contribution in [0.3, 0.4) is 0 Å². The number of piperidine rings is 1. The SMILES string of the molecule is Cc1ccc(NC(=O)C2CCCNC2)cc1NS(=O)(=O)c1ccccc1. The third kappa shape index (κ3) is 4.42. The molecule has 2 aromatic rings. The summed E-state index contributed by atoms with van der Waals surface area (Å²) in [4.78, 5) is 12.6. The first kappa shape index (κ1) is 18.4. The fraction of sp³-hybridized carbons (Fsp3) is 0.316. The van der Waals surface area contributed by atoms with E-state index in [2.05, 4.69) is 15.4 Å². The highest BCUT2D eigenvalue weighted by Gasteiger charge is 2.21. The number of carbonyl (C=O) groups is 1. The maximum atomic E-state index is 12.5. The van der Waals surface area contributed by atoms with Crippen LogP contribution in [0.25, 0.3) is 0 Å². The van der Waals surface area contributed by atoms with Crippen molar-refractivity contribution in [3.8, 4) is 0 Å². The van der Waals surface area contributed by atoms with Gasteiger partial charge >= 0.3 is 0 Å². The lowest BCUT2D eigenvalue weighted by Crippen LogP contribution is -2.37. The number of sulfonamides is 1. The molecule has 3 rings (SSSR count). The van der Waals surface area contributed by atoms with Gasteiger partial charge in [-0.1, -0.05) is 24.3 Å². The molecule has 26 heavy (non-hydrogen) atoms. The molecule has 0 bridgehead atoms. The molecule has 1 fully saturated rings. The zero-order chi connectivity index (χ0) is 18.6. The molecule has 0 aromatic heterocycles. The van der Waals surface area contributed by atoms with E-state index in [0.29, 0.717) is 17.9 Å². The van der Waals surface area contributed by atoms with Crippen LogP contribution >= 0.6 is 0 Å². The van der Waals surface area contributed by atoms with Crippen molar-refractivity contribution < 1.29 is 13.2 Å². The Labute approximate surface area is 154 Å². The molecule has 7 heteroatoms. The minimum atomic E-state index is -3.67. The topological polar surface area (TPSA) is 87.3 Å². The number of hydrogen-bond donors (Lipinski definition) is 3. The van der Waals surface area contributed by atoms with Gasteiger partial charge in [-0.05, 0) is 56.1 Å². The molecule has 0 aliphatic carbocycles. The van der Waals surface area contributed by atoms with Gasteiger partial charge in [-0.2, -0.15) is 0 Å². The normalized spacial score (nSPS) is 17.5. The lowest BCUT2D eigenvalue weighted by atomic mass is 9.99. The first-order chi connectivity index (χ1) is 12.5. The summed E-state index contributed by atoms with van der Waals surface area (Å²) in [5, 5.41) is 6.11. The van der Waals surface area contributed by atoms with Gasteiger partial charge in [0.05, 0.1) is 16.5 Å². The molecule has 3 N–H and O–H groups in total. The Morgan fingerprint density at radius 3 is 2.62 bits per heavy atom. The van der Waals surface area contributed by atoms with Gasteiger partial charge in [0.1, 0.15) is 0 Å². The van der Waals surface area contributed by atoms with Crippen LogP contribution in [0.4, 0.5) is 11.4 Å². The van der Waals surface area contributed by atoms with E-state index in [0.717, 1.165) is 24.9 Å². The van der Waals surface area contributed by atoms with E-state index in [4.69, 9.17) is 0 Å². The number of nitrogens with one attached hydrogen (secondary N) is 3. The Kier molecular flexibility index (Phi) is 5.58. The number of aryl methyl sites for hydroxylation is 1. The highest BCUT2D eigenvalue weighted by molar-refractivity contribution is 7.92. The van der Waals surface area contributed by atoms with E-state index in [9.17, 15) is 13.2 Å². The highest BCUT2D eigenvalue weighted by atomic mass is 32.2. The second-order valence-corrected chi connectivity index (χ2v) is 8.16. The molecule has 0 saturated carbocycles. The van der Waals surface area contributed by atoms with Crippen LogP contribution in [-0.4, -0.2) is 27.4 Å². The maximum Gasteiger partial charge on any atom is 0.261 e. The second kappa shape index (κ2) is 7.88. The number of rotatable bonds is 5. The van der Waals surface area contributed by atoms with Crippen molar-refractivity contribution in [1.29, 1.82) is 0 Å². The van der Waals surface area contributed by atoms with Crippen molar-refractivity contribution >= 4 is 27.3 Å². The summed E-state index contributed by atoms with van der Waals surface area (Å²) < 4.78 is 27.7. The Balaban J connectivity index is 1.76. The summed E-state index contributed by atoms with van der Waals surface area (Å²) in [5.41, 5.74) is 1.81. The van der Waals surface area contributed by atoms with Crippen LogP contribution in [0.15, 0.2) is 53.4 Å². The van der Waals surface area contributed by atoms with Crippen LogP contribution in [0.1, 0.15) is 18.4 Å². The fourth-order valence-corrected chi connectivity index (χ4v) is 4.08. The van der Waals surface area contributed by atoms with Crippen molar-refractivity contribution in [1.82, 2.24) is 5.32 Å². The summed E-state index contributed by atoms with van der Waals surface area (Å²) in [7, 11) is -3.67. The number of amides is 1. The van der Waals surface area contributed by atoms with Crippen molar-refractivity contribution in [3.63, 3.8) is 0 Å². The summed E-state index contributed by atoms with van der Waals surface area (Å²) in [6, 6.07) is 13.4. The molecule has 2 aromatic carbocycles. The van der Waals surface area contributed by atoms with Gasteiger partial charge in [0.25, 0.3) is 10.0 Å². The molecule has 0 spiro atoms. The predicted molar refractivity (Wildman–Crippen MR) is 103 cm³/mol. The van der Waals surface area contributed by atoms with Crippen LogP contribution in [0.2, 0.25) is 0 Å². The van der Waals surface area contributed by atoms with E-state index < -0.39 is 10.0 Å². The summed E-state index contributed by atoms with van der Waals surface area (Å²) in [5.74, 6) is -0.104. The standard InChI is InChI=1S/C19H23N3O3S/c1-14-9-10-16(21-19(23)15-6-5-11-20-13-15)12-18(14)22-26(24,25)17-7-3-2-4-8-17/h2-4,7-10,12,15,20,22H,5-6,11,13H2,1H3,(H,21,23). The second-order valence-electron chi connectivity index (χ2n) is 6.48. The smallest absolute Gasteiger partial charge is 0.261 e. The Bertz CT molecular complexity index is 876. The van der Waals surface area contributed by atoms with Gasteiger partial charge in [0.2, 0.25) is 5.91 Å². The molecule has 1 unspecified atom stereocenters. The average molecular weight is 373 g/mol. The third-order valence-electron chi connectivity index (χ3n) is 4.47. The fourth-order valence-electron chi connectivity index (χ4n) is 2.93. The molecule has 1 heterocycles. The summed E-state index contributed by atoms with van der Waals surface area (Å²) in [6.45, 7) is 3.43. The predicted octanol–water partition coefficient (Wildman–Crippen LogP) is 2.73. The molecule has 6 nitrogen and oxygen atoms in total. The monoisotopic (exact) mass is 373 g/mol. The van der Waals surface area contributed by atoms with E-state index in [1.54, 1.807) is 48.5 Å². The lowest BCUT2D eigenvalue weighted by molar-refractivity contribution is -0.120. The van der Waals surface area contributed by atoms with E-state index in [1.165, 1.54) is 0 Å². The van der Waals surface area contributed by atoms with Gasteiger partial charge in [-0.15, -0.1) is 0 Å². The molecule has 138 valence electrons. The van der Waals surface area contributed by atoms with Gasteiger partial charge in [0, 0.05) is 12.2 Å². The van der Waals surface area contributed by atoms with Gasteiger partial charge < -0.3 is 10.6 Å². The summed E-state index contributed by atoms with van der Waals surface area (Å²) in [6.07, 6.45) is 1.84. The first-order valence-corrected chi connectivity index (χ1v) is 10.1. The Morgan fingerprint density at radius 1 is 1.15 bits per heavy atom. The van der Waals surface area contributed by atoms with Gasteiger partial charge in [-0.25, -0.2) is 8.42 Å². The molecular weight excluding hydrogens is 350 g/mol. The molecule has 1 amide bonds. The minimum Gasteiger partial charge on any atom is -0.326 e. The lowest BCUT2D eigenvalue weighted by Gasteiger charge is -2.22. The van der Waals surface area contributed by atoms with Crippen LogP contribution in [0, 0.1) is 12.8 Å². The number of benzene rings is 2. The van der Waals surface area contributed by atoms with Crippen LogP contribution in [0.5, 0.6) is 0 Å². The van der Waals surface area contributed by atoms with Crippen molar-refractivity contribution in [2.24, 2.45) is 5.92 Å². The molecule has 1 aliphatic heterocycles. The average Bonchev–Trinajstić information content (AvgIpc) is 2.66. The minimum absolute atomic E-state index is 0.0436. The summed E-state index contributed by atoms with van der Waals surface area (Å²) >= 11 is 0. The Hall–Kier alpha value is -2.38. The van der Waals surface area contributed by atoms with Crippen LogP contribution in [-0.2, 0) is 14.8 Å². The van der Waals surface area contributed by atoms with Crippen molar-refractivity contribution in [2.75, 3.05) is 23.1 Å². The zero-order valence-electron chi connectivity index (χ0n) is 14.7.